The summed E-state index contributed by atoms with van der Waals surface area (Å²) in [5, 5.41) is 15.6. The molecule has 0 aliphatic carbocycles. The summed E-state index contributed by atoms with van der Waals surface area (Å²) in [6, 6.07) is 13.3. The number of thioether (sulfide) groups is 1. The van der Waals surface area contributed by atoms with Crippen LogP contribution in [-0.2, 0) is 4.79 Å². The fourth-order valence-corrected chi connectivity index (χ4v) is 4.23. The maximum absolute atomic E-state index is 12.1. The van der Waals surface area contributed by atoms with E-state index in [0.717, 1.165) is 5.69 Å². The summed E-state index contributed by atoms with van der Waals surface area (Å²) in [6.07, 6.45) is 0. The first-order valence-corrected chi connectivity index (χ1v) is 11.1. The Bertz CT molecular complexity index is 961. The molecule has 3 rings (SSSR count). The Morgan fingerprint density at radius 1 is 1.14 bits per heavy atom. The number of rotatable bonds is 7. The standard InChI is InChI=1S/C19H18Cl2N4OS2/c1-11(2)12-6-8-13(9-7-12)22-18-24-25-19(28-18)27-10-16(26)23-15-5-3-4-14(20)17(15)21/h3-9,11H,10H2,1-2H3,(H,22,24)(H,23,26). The summed E-state index contributed by atoms with van der Waals surface area (Å²) in [5.41, 5.74) is 2.72. The summed E-state index contributed by atoms with van der Waals surface area (Å²) < 4.78 is 0.702. The number of nitrogens with one attached hydrogen (secondary N) is 2. The van der Waals surface area contributed by atoms with Crippen LogP contribution in [0.25, 0.3) is 0 Å². The Morgan fingerprint density at radius 3 is 2.61 bits per heavy atom. The van der Waals surface area contributed by atoms with Crippen LogP contribution in [0.3, 0.4) is 0 Å². The molecule has 0 bridgehead atoms. The Labute approximate surface area is 181 Å². The van der Waals surface area contributed by atoms with Crippen molar-refractivity contribution in [1.82, 2.24) is 10.2 Å². The van der Waals surface area contributed by atoms with E-state index in [1.807, 2.05) is 12.1 Å². The molecule has 1 amide bonds. The molecule has 5 nitrogen and oxygen atoms in total. The highest BCUT2D eigenvalue weighted by atomic mass is 35.5. The van der Waals surface area contributed by atoms with Gasteiger partial charge in [0.15, 0.2) is 4.34 Å². The van der Waals surface area contributed by atoms with Crippen molar-refractivity contribution in [3.05, 3.63) is 58.1 Å². The summed E-state index contributed by atoms with van der Waals surface area (Å²) in [5.74, 6) is 0.496. The maximum Gasteiger partial charge on any atom is 0.234 e. The predicted molar refractivity (Wildman–Crippen MR) is 120 cm³/mol. The summed E-state index contributed by atoms with van der Waals surface area (Å²) in [7, 11) is 0. The molecule has 0 atom stereocenters. The molecule has 1 aromatic heterocycles. The SMILES string of the molecule is CC(C)c1ccc(Nc2nnc(SCC(=O)Nc3cccc(Cl)c3Cl)s2)cc1. The molecule has 0 aliphatic heterocycles. The monoisotopic (exact) mass is 452 g/mol. The minimum absolute atomic E-state index is 0.192. The van der Waals surface area contributed by atoms with E-state index < -0.39 is 0 Å². The largest absolute Gasteiger partial charge is 0.330 e. The Hall–Kier alpha value is -1.80. The maximum atomic E-state index is 12.1. The van der Waals surface area contributed by atoms with E-state index in [2.05, 4.69) is 46.8 Å². The lowest BCUT2D eigenvalue weighted by Gasteiger charge is -2.07. The molecule has 0 fully saturated rings. The van der Waals surface area contributed by atoms with Crippen molar-refractivity contribution in [2.45, 2.75) is 24.1 Å². The van der Waals surface area contributed by atoms with E-state index in [0.29, 0.717) is 31.1 Å². The van der Waals surface area contributed by atoms with Crippen LogP contribution in [0.15, 0.2) is 46.8 Å². The molecule has 1 heterocycles. The number of nitrogens with zero attached hydrogens (tertiary/aromatic N) is 2. The molecule has 0 aliphatic rings. The van der Waals surface area contributed by atoms with Gasteiger partial charge in [0.25, 0.3) is 0 Å². The lowest BCUT2D eigenvalue weighted by Crippen LogP contribution is -2.14. The van der Waals surface area contributed by atoms with Crippen LogP contribution < -0.4 is 10.6 Å². The van der Waals surface area contributed by atoms with Crippen molar-refractivity contribution in [2.24, 2.45) is 0 Å². The van der Waals surface area contributed by atoms with Gasteiger partial charge in [0, 0.05) is 5.69 Å². The number of carbonyl (C=O) groups excluding carboxylic acids is 1. The third kappa shape index (κ3) is 5.61. The predicted octanol–water partition coefficient (Wildman–Crippen LogP) is 6.44. The summed E-state index contributed by atoms with van der Waals surface area (Å²) in [6.45, 7) is 4.32. The quantitative estimate of drug-likeness (QED) is 0.403. The van der Waals surface area contributed by atoms with Crippen molar-refractivity contribution in [3.8, 4) is 0 Å². The van der Waals surface area contributed by atoms with Gasteiger partial charge in [-0.15, -0.1) is 10.2 Å². The average Bonchev–Trinajstić information content (AvgIpc) is 3.11. The fraction of sp³-hybridized carbons (Fsp3) is 0.211. The Balaban J connectivity index is 1.53. The van der Waals surface area contributed by atoms with Crippen LogP contribution in [0, 0.1) is 0 Å². The second kappa shape index (κ2) is 9.60. The summed E-state index contributed by atoms with van der Waals surface area (Å²) in [4.78, 5) is 12.1. The molecule has 0 unspecified atom stereocenters. The fourth-order valence-electron chi connectivity index (χ4n) is 2.31. The number of aromatic nitrogens is 2. The number of halogens is 2. The van der Waals surface area contributed by atoms with Gasteiger partial charge in [-0.3, -0.25) is 4.79 Å². The van der Waals surface area contributed by atoms with Gasteiger partial charge in [-0.25, -0.2) is 0 Å². The number of anilines is 3. The molecule has 0 saturated carbocycles. The van der Waals surface area contributed by atoms with Crippen molar-refractivity contribution in [2.75, 3.05) is 16.4 Å². The van der Waals surface area contributed by atoms with E-state index in [1.54, 1.807) is 18.2 Å². The smallest absolute Gasteiger partial charge is 0.234 e. The first-order chi connectivity index (χ1) is 13.4. The van der Waals surface area contributed by atoms with Crippen LogP contribution in [0.2, 0.25) is 10.0 Å². The van der Waals surface area contributed by atoms with Gasteiger partial charge in [-0.1, -0.05) is 78.3 Å². The van der Waals surface area contributed by atoms with Gasteiger partial charge in [0.1, 0.15) is 0 Å². The molecular weight excluding hydrogens is 435 g/mol. The number of hydrogen-bond donors (Lipinski definition) is 2. The third-order valence-electron chi connectivity index (χ3n) is 3.79. The van der Waals surface area contributed by atoms with Gasteiger partial charge >= 0.3 is 0 Å². The first-order valence-electron chi connectivity index (χ1n) is 8.49. The van der Waals surface area contributed by atoms with Gasteiger partial charge < -0.3 is 10.6 Å². The number of hydrogen-bond acceptors (Lipinski definition) is 6. The zero-order chi connectivity index (χ0) is 20.1. The second-order valence-corrected chi connectivity index (χ2v) is 9.20. The molecule has 0 spiro atoms. The zero-order valence-corrected chi connectivity index (χ0v) is 18.3. The van der Waals surface area contributed by atoms with E-state index in [4.69, 9.17) is 23.2 Å². The van der Waals surface area contributed by atoms with E-state index in [-0.39, 0.29) is 11.7 Å². The molecule has 2 aromatic carbocycles. The van der Waals surface area contributed by atoms with Gasteiger partial charge in [-0.2, -0.15) is 0 Å². The van der Waals surface area contributed by atoms with Gasteiger partial charge in [-0.05, 0) is 35.7 Å². The van der Waals surface area contributed by atoms with E-state index >= 15 is 0 Å². The highest BCUT2D eigenvalue weighted by Crippen LogP contribution is 2.31. The van der Waals surface area contributed by atoms with Gasteiger partial charge in [0.2, 0.25) is 11.0 Å². The topological polar surface area (TPSA) is 66.9 Å². The van der Waals surface area contributed by atoms with E-state index in [1.165, 1.54) is 28.7 Å². The number of benzene rings is 2. The second-order valence-electron chi connectivity index (χ2n) is 6.21. The lowest BCUT2D eigenvalue weighted by atomic mass is 10.0. The number of carbonyl (C=O) groups is 1. The first kappa shape index (κ1) is 20.9. The van der Waals surface area contributed by atoms with Crippen molar-refractivity contribution in [3.63, 3.8) is 0 Å². The van der Waals surface area contributed by atoms with Crippen LogP contribution in [0.4, 0.5) is 16.5 Å². The molecular formula is C19H18Cl2N4OS2. The van der Waals surface area contributed by atoms with Crippen LogP contribution in [-0.4, -0.2) is 21.9 Å². The molecule has 9 heteroatoms. The Kier molecular flexibility index (Phi) is 7.18. The van der Waals surface area contributed by atoms with Crippen molar-refractivity contribution < 1.29 is 4.79 Å². The van der Waals surface area contributed by atoms with Crippen LogP contribution >= 0.6 is 46.3 Å². The third-order valence-corrected chi connectivity index (χ3v) is 6.58. The average molecular weight is 453 g/mol. The lowest BCUT2D eigenvalue weighted by molar-refractivity contribution is -0.113. The normalized spacial score (nSPS) is 10.9. The van der Waals surface area contributed by atoms with Gasteiger partial charge in [0.05, 0.1) is 21.5 Å². The minimum Gasteiger partial charge on any atom is -0.330 e. The molecule has 28 heavy (non-hydrogen) atoms. The molecule has 3 aromatic rings. The summed E-state index contributed by atoms with van der Waals surface area (Å²) >= 11 is 14.7. The van der Waals surface area contributed by atoms with Crippen LogP contribution in [0.5, 0.6) is 0 Å². The van der Waals surface area contributed by atoms with Crippen molar-refractivity contribution >= 4 is 68.7 Å². The highest BCUT2D eigenvalue weighted by molar-refractivity contribution is 8.01. The van der Waals surface area contributed by atoms with E-state index in [9.17, 15) is 4.79 Å². The minimum atomic E-state index is -0.192. The number of amides is 1. The molecule has 2 N–H and O–H groups in total. The zero-order valence-electron chi connectivity index (χ0n) is 15.2. The molecule has 0 radical (unpaired) electrons. The van der Waals surface area contributed by atoms with Crippen molar-refractivity contribution in [1.29, 1.82) is 0 Å². The highest BCUT2D eigenvalue weighted by Gasteiger charge is 2.11. The Morgan fingerprint density at radius 2 is 1.89 bits per heavy atom. The van der Waals surface area contributed by atoms with Crippen LogP contribution in [0.1, 0.15) is 25.3 Å². The molecule has 146 valence electrons. The molecule has 0 saturated heterocycles.